The minimum atomic E-state index is -1.58. The van der Waals surface area contributed by atoms with Gasteiger partial charge in [0.2, 0.25) is 0 Å². The molecule has 1 amide bonds. The summed E-state index contributed by atoms with van der Waals surface area (Å²) >= 11 is 0. The van der Waals surface area contributed by atoms with Gasteiger partial charge in [0, 0.05) is 5.69 Å². The highest BCUT2D eigenvalue weighted by molar-refractivity contribution is 6.02. The van der Waals surface area contributed by atoms with Gasteiger partial charge in [0.1, 0.15) is 11.5 Å². The van der Waals surface area contributed by atoms with Crippen LogP contribution in [0.3, 0.4) is 0 Å². The van der Waals surface area contributed by atoms with Gasteiger partial charge in [-0.25, -0.2) is 22.5 Å². The van der Waals surface area contributed by atoms with E-state index in [1.54, 1.807) is 0 Å². The number of anilines is 3. The van der Waals surface area contributed by atoms with Crippen LogP contribution in [0.5, 0.6) is 0 Å². The van der Waals surface area contributed by atoms with Crippen LogP contribution < -0.4 is 10.6 Å². The minimum Gasteiger partial charge on any atom is -0.352 e. The molecule has 2 aromatic carbocycles. The van der Waals surface area contributed by atoms with Crippen molar-refractivity contribution in [2.24, 2.45) is 0 Å². The maximum Gasteiger partial charge on any atom is 0.274 e. The topological polar surface area (TPSA) is 54.0 Å². The predicted molar refractivity (Wildman–Crippen MR) is 88.2 cm³/mol. The summed E-state index contributed by atoms with van der Waals surface area (Å²) in [5.41, 5.74) is 0.456. The fourth-order valence-electron chi connectivity index (χ4n) is 2.11. The van der Waals surface area contributed by atoms with Crippen LogP contribution in [0, 0.1) is 23.3 Å². The molecule has 0 saturated carbocycles. The second kappa shape index (κ2) is 7.22. The van der Waals surface area contributed by atoms with E-state index < -0.39 is 29.2 Å². The van der Waals surface area contributed by atoms with Gasteiger partial charge in [-0.1, -0.05) is 0 Å². The zero-order valence-electron chi connectivity index (χ0n) is 13.1. The van der Waals surface area contributed by atoms with Crippen LogP contribution in [0.25, 0.3) is 0 Å². The first-order valence-corrected chi connectivity index (χ1v) is 7.37. The van der Waals surface area contributed by atoms with Crippen LogP contribution >= 0.6 is 0 Å². The number of carbonyl (C=O) groups is 1. The van der Waals surface area contributed by atoms with Crippen molar-refractivity contribution < 1.29 is 22.4 Å². The van der Waals surface area contributed by atoms with Crippen molar-refractivity contribution >= 4 is 23.0 Å². The average Bonchev–Trinajstić information content (AvgIpc) is 2.64. The molecule has 0 fully saturated rings. The number of nitrogens with one attached hydrogen (secondary N) is 2. The number of aromatic nitrogens is 1. The Hall–Kier alpha value is -3.42. The smallest absolute Gasteiger partial charge is 0.274 e. The van der Waals surface area contributed by atoms with E-state index in [9.17, 15) is 22.4 Å². The number of amides is 1. The Labute approximate surface area is 145 Å². The van der Waals surface area contributed by atoms with Gasteiger partial charge in [-0.3, -0.25) is 4.79 Å². The van der Waals surface area contributed by atoms with Crippen molar-refractivity contribution in [3.63, 3.8) is 0 Å². The highest BCUT2D eigenvalue weighted by atomic mass is 19.2. The third kappa shape index (κ3) is 3.80. The molecule has 0 radical (unpaired) electrons. The van der Waals surface area contributed by atoms with Gasteiger partial charge in [-0.2, -0.15) is 0 Å². The summed E-state index contributed by atoms with van der Waals surface area (Å²) in [4.78, 5) is 16.0. The molecule has 3 aromatic rings. The molecule has 0 spiro atoms. The largest absolute Gasteiger partial charge is 0.352 e. The van der Waals surface area contributed by atoms with Gasteiger partial charge in [-0.15, -0.1) is 0 Å². The third-order valence-corrected chi connectivity index (χ3v) is 3.41. The van der Waals surface area contributed by atoms with Crippen molar-refractivity contribution in [3.05, 3.63) is 83.7 Å². The highest BCUT2D eigenvalue weighted by Gasteiger charge is 2.14. The molecular weight excluding hydrogens is 350 g/mol. The number of nitrogens with zero attached hydrogens (tertiary/aromatic N) is 1. The first kappa shape index (κ1) is 17.4. The molecule has 0 saturated heterocycles. The zero-order chi connectivity index (χ0) is 18.7. The van der Waals surface area contributed by atoms with Gasteiger partial charge >= 0.3 is 0 Å². The van der Waals surface area contributed by atoms with E-state index in [1.807, 2.05) is 0 Å². The van der Waals surface area contributed by atoms with Crippen molar-refractivity contribution in [2.45, 2.75) is 0 Å². The van der Waals surface area contributed by atoms with Crippen molar-refractivity contribution in [1.82, 2.24) is 4.98 Å². The molecule has 8 heteroatoms. The Balaban J connectivity index is 1.71. The number of benzene rings is 2. The standard InChI is InChI=1S/C18H11F4N3O/c19-10-1-3-11(4-2-10)25-18(26)15-7-5-12(9-23-15)24-14-8-6-13(20)16(21)17(14)22/h1-9,24H,(H,25,26). The minimum absolute atomic E-state index is 0.0608. The number of hydrogen-bond acceptors (Lipinski definition) is 3. The normalized spacial score (nSPS) is 10.5. The number of pyridine rings is 1. The van der Waals surface area contributed by atoms with Gasteiger partial charge < -0.3 is 10.6 Å². The lowest BCUT2D eigenvalue weighted by molar-refractivity contribution is 0.102. The Morgan fingerprint density at radius 3 is 2.15 bits per heavy atom. The molecule has 0 unspecified atom stereocenters. The lowest BCUT2D eigenvalue weighted by Gasteiger charge is -2.09. The molecule has 132 valence electrons. The van der Waals surface area contributed by atoms with E-state index >= 15 is 0 Å². The number of carbonyl (C=O) groups excluding carboxylic acids is 1. The van der Waals surface area contributed by atoms with Crippen molar-refractivity contribution in [3.8, 4) is 0 Å². The van der Waals surface area contributed by atoms with Gasteiger partial charge in [-0.05, 0) is 48.5 Å². The second-order valence-corrected chi connectivity index (χ2v) is 5.24. The number of halogens is 4. The summed E-state index contributed by atoms with van der Waals surface area (Å²) < 4.78 is 52.6. The van der Waals surface area contributed by atoms with Crippen LogP contribution in [0.2, 0.25) is 0 Å². The van der Waals surface area contributed by atoms with Gasteiger partial charge in [0.15, 0.2) is 17.5 Å². The molecule has 4 nitrogen and oxygen atoms in total. The van der Waals surface area contributed by atoms with E-state index in [1.165, 1.54) is 42.6 Å². The Kier molecular flexibility index (Phi) is 4.83. The molecule has 0 aliphatic rings. The van der Waals surface area contributed by atoms with E-state index in [0.29, 0.717) is 5.69 Å². The van der Waals surface area contributed by atoms with Gasteiger partial charge in [0.05, 0.1) is 17.6 Å². The monoisotopic (exact) mass is 361 g/mol. The average molecular weight is 361 g/mol. The summed E-state index contributed by atoms with van der Waals surface area (Å²) in [7, 11) is 0. The number of rotatable bonds is 4. The van der Waals surface area contributed by atoms with Gasteiger partial charge in [0.25, 0.3) is 5.91 Å². The lowest BCUT2D eigenvalue weighted by Crippen LogP contribution is -2.13. The summed E-state index contributed by atoms with van der Waals surface area (Å²) in [5, 5.41) is 5.08. The van der Waals surface area contributed by atoms with Crippen LogP contribution in [-0.4, -0.2) is 10.9 Å². The lowest BCUT2D eigenvalue weighted by atomic mass is 10.2. The van der Waals surface area contributed by atoms with Crippen molar-refractivity contribution in [1.29, 1.82) is 0 Å². The molecule has 1 heterocycles. The Morgan fingerprint density at radius 1 is 0.808 bits per heavy atom. The first-order valence-electron chi connectivity index (χ1n) is 7.37. The summed E-state index contributed by atoms with van der Waals surface area (Å²) in [6.07, 6.45) is 1.24. The molecule has 0 bridgehead atoms. The number of hydrogen-bond donors (Lipinski definition) is 2. The highest BCUT2D eigenvalue weighted by Crippen LogP contribution is 2.23. The van der Waals surface area contributed by atoms with Crippen LogP contribution in [0.1, 0.15) is 10.5 Å². The Bertz CT molecular complexity index is 944. The van der Waals surface area contributed by atoms with Crippen LogP contribution in [0.4, 0.5) is 34.6 Å². The predicted octanol–water partition coefficient (Wildman–Crippen LogP) is 4.63. The molecular formula is C18H11F4N3O. The fourth-order valence-corrected chi connectivity index (χ4v) is 2.11. The molecule has 3 rings (SSSR count). The SMILES string of the molecule is O=C(Nc1ccc(F)cc1)c1ccc(Nc2ccc(F)c(F)c2F)cn1. The molecule has 2 N–H and O–H groups in total. The molecule has 26 heavy (non-hydrogen) atoms. The van der Waals surface area contributed by atoms with Crippen LogP contribution in [0.15, 0.2) is 54.7 Å². The van der Waals surface area contributed by atoms with Crippen molar-refractivity contribution in [2.75, 3.05) is 10.6 Å². The molecule has 0 aliphatic heterocycles. The third-order valence-electron chi connectivity index (χ3n) is 3.41. The fraction of sp³-hybridized carbons (Fsp3) is 0. The quantitative estimate of drug-likeness (QED) is 0.526. The summed E-state index contributed by atoms with van der Waals surface area (Å²) in [5.74, 6) is -5.19. The van der Waals surface area contributed by atoms with E-state index in [4.69, 9.17) is 0 Å². The first-order chi connectivity index (χ1) is 12.4. The summed E-state index contributed by atoms with van der Waals surface area (Å²) in [6, 6.07) is 9.82. The summed E-state index contributed by atoms with van der Waals surface area (Å²) in [6.45, 7) is 0. The van der Waals surface area contributed by atoms with E-state index in [2.05, 4.69) is 15.6 Å². The van der Waals surface area contributed by atoms with Crippen LogP contribution in [-0.2, 0) is 0 Å². The maximum absolute atomic E-state index is 13.6. The second-order valence-electron chi connectivity index (χ2n) is 5.24. The zero-order valence-corrected chi connectivity index (χ0v) is 13.1. The molecule has 1 aromatic heterocycles. The molecule has 0 atom stereocenters. The maximum atomic E-state index is 13.6. The molecule has 0 aliphatic carbocycles. The Morgan fingerprint density at radius 2 is 1.50 bits per heavy atom. The van der Waals surface area contributed by atoms with E-state index in [0.717, 1.165) is 12.1 Å². The van der Waals surface area contributed by atoms with E-state index in [-0.39, 0.29) is 17.1 Å².